The Kier molecular flexibility index (Phi) is 3.67. The molecule has 0 atom stereocenters. The van der Waals surface area contributed by atoms with E-state index in [-0.39, 0.29) is 11.5 Å². The van der Waals surface area contributed by atoms with Gasteiger partial charge in [-0.25, -0.2) is 5.43 Å². The van der Waals surface area contributed by atoms with Crippen LogP contribution in [0.4, 0.5) is 0 Å². The molecule has 1 amide bonds. The van der Waals surface area contributed by atoms with Gasteiger partial charge in [0.05, 0.1) is 6.21 Å². The molecule has 122 valence electrons. The fourth-order valence-corrected chi connectivity index (χ4v) is 2.72. The first-order chi connectivity index (χ1) is 12.2. The first-order valence-electron chi connectivity index (χ1n) is 7.75. The normalized spacial score (nSPS) is 11.4. The number of benzene rings is 3. The monoisotopic (exact) mass is 330 g/mol. The van der Waals surface area contributed by atoms with Crippen LogP contribution in [0.1, 0.15) is 16.1 Å². The van der Waals surface area contributed by atoms with Crippen molar-refractivity contribution in [2.75, 3.05) is 0 Å². The number of furan rings is 1. The summed E-state index contributed by atoms with van der Waals surface area (Å²) in [5, 5.41) is 16.7. The smallest absolute Gasteiger partial charge is 0.307 e. The fourth-order valence-electron chi connectivity index (χ4n) is 2.72. The number of amides is 1. The number of rotatable bonds is 3. The van der Waals surface area contributed by atoms with E-state index in [0.717, 1.165) is 16.2 Å². The summed E-state index contributed by atoms with van der Waals surface area (Å²) in [7, 11) is 0. The van der Waals surface area contributed by atoms with Gasteiger partial charge in [0.25, 0.3) is 0 Å². The second-order valence-electron chi connectivity index (χ2n) is 5.57. The van der Waals surface area contributed by atoms with E-state index in [1.54, 1.807) is 18.2 Å². The molecule has 2 N–H and O–H groups in total. The Morgan fingerprint density at radius 2 is 1.76 bits per heavy atom. The molecule has 0 spiro atoms. The van der Waals surface area contributed by atoms with Gasteiger partial charge < -0.3 is 9.52 Å². The highest BCUT2D eigenvalue weighted by Gasteiger charge is 2.11. The number of nitrogens with one attached hydrogen (secondary N) is 1. The Morgan fingerprint density at radius 3 is 2.60 bits per heavy atom. The average molecular weight is 330 g/mol. The zero-order chi connectivity index (χ0) is 17.2. The number of hydrogen-bond donors (Lipinski definition) is 2. The van der Waals surface area contributed by atoms with Crippen molar-refractivity contribution in [3.05, 3.63) is 78.1 Å². The Labute approximate surface area is 143 Å². The molecule has 0 aliphatic heterocycles. The molecule has 0 fully saturated rings. The molecule has 5 heteroatoms. The van der Waals surface area contributed by atoms with Crippen molar-refractivity contribution < 1.29 is 14.3 Å². The topological polar surface area (TPSA) is 74.8 Å². The third-order valence-corrected chi connectivity index (χ3v) is 3.96. The number of aromatic hydroxyl groups is 1. The number of phenolic OH excluding ortho intramolecular Hbond substituents is 1. The van der Waals surface area contributed by atoms with E-state index in [1.165, 1.54) is 6.21 Å². The molecule has 0 radical (unpaired) electrons. The number of carbonyl (C=O) groups is 1. The second kappa shape index (κ2) is 6.13. The first-order valence-corrected chi connectivity index (χ1v) is 7.75. The van der Waals surface area contributed by atoms with E-state index in [1.807, 2.05) is 48.5 Å². The molecule has 0 aliphatic carbocycles. The van der Waals surface area contributed by atoms with Crippen LogP contribution in [0, 0.1) is 0 Å². The average Bonchev–Trinajstić information content (AvgIpc) is 3.08. The molecule has 25 heavy (non-hydrogen) atoms. The molecular weight excluding hydrogens is 316 g/mol. The molecule has 0 unspecified atom stereocenters. The van der Waals surface area contributed by atoms with E-state index < -0.39 is 5.91 Å². The lowest BCUT2D eigenvalue weighted by Gasteiger charge is -2.04. The molecule has 0 aliphatic rings. The van der Waals surface area contributed by atoms with Crippen LogP contribution in [-0.4, -0.2) is 17.2 Å². The van der Waals surface area contributed by atoms with Crippen LogP contribution in [0.5, 0.6) is 5.75 Å². The van der Waals surface area contributed by atoms with Gasteiger partial charge in [-0.05, 0) is 29.0 Å². The number of carbonyl (C=O) groups excluding carboxylic acids is 1. The lowest BCUT2D eigenvalue weighted by molar-refractivity contribution is 0.0929. The maximum absolute atomic E-state index is 12.2. The van der Waals surface area contributed by atoms with Gasteiger partial charge in [0.1, 0.15) is 11.3 Å². The number of phenols is 1. The second-order valence-corrected chi connectivity index (χ2v) is 5.57. The minimum absolute atomic E-state index is 0.0976. The summed E-state index contributed by atoms with van der Waals surface area (Å²) in [5.41, 5.74) is 3.61. The van der Waals surface area contributed by atoms with Crippen LogP contribution in [-0.2, 0) is 0 Å². The molecule has 4 rings (SSSR count). The zero-order valence-electron chi connectivity index (χ0n) is 13.1. The minimum atomic E-state index is -0.452. The van der Waals surface area contributed by atoms with Crippen LogP contribution in [0.15, 0.2) is 76.2 Å². The van der Waals surface area contributed by atoms with Crippen molar-refractivity contribution in [3.8, 4) is 5.75 Å². The number of hydrogen-bond acceptors (Lipinski definition) is 4. The molecular formula is C20H14N2O3. The van der Waals surface area contributed by atoms with Gasteiger partial charge >= 0.3 is 5.91 Å². The highest BCUT2D eigenvalue weighted by Crippen LogP contribution is 2.25. The molecule has 3 aromatic carbocycles. The van der Waals surface area contributed by atoms with Gasteiger partial charge in [0.15, 0.2) is 5.76 Å². The summed E-state index contributed by atoms with van der Waals surface area (Å²) in [6, 6.07) is 20.1. The molecule has 1 heterocycles. The quantitative estimate of drug-likeness (QED) is 0.439. The standard InChI is InChI=1S/C20H14N2O3/c23-17-10-9-13-5-1-3-7-15(13)16(17)12-21-22-20(24)19-11-14-6-2-4-8-18(14)25-19/h1-12,23H,(H,22,24)/b21-12+. The van der Waals surface area contributed by atoms with Crippen LogP contribution >= 0.6 is 0 Å². The van der Waals surface area contributed by atoms with Crippen molar-refractivity contribution in [1.29, 1.82) is 0 Å². The lowest BCUT2D eigenvalue weighted by Crippen LogP contribution is -2.16. The third kappa shape index (κ3) is 2.83. The van der Waals surface area contributed by atoms with Gasteiger partial charge in [-0.2, -0.15) is 5.10 Å². The molecule has 4 aromatic rings. The van der Waals surface area contributed by atoms with Gasteiger partial charge in [0.2, 0.25) is 0 Å². The van der Waals surface area contributed by atoms with E-state index in [9.17, 15) is 9.90 Å². The van der Waals surface area contributed by atoms with E-state index in [0.29, 0.717) is 11.1 Å². The number of hydrazone groups is 1. The molecule has 0 saturated heterocycles. The van der Waals surface area contributed by atoms with Crippen molar-refractivity contribution in [2.45, 2.75) is 0 Å². The van der Waals surface area contributed by atoms with Gasteiger partial charge in [-0.3, -0.25) is 4.79 Å². The summed E-state index contributed by atoms with van der Waals surface area (Å²) in [6.07, 6.45) is 1.43. The van der Waals surface area contributed by atoms with Crippen LogP contribution in [0.25, 0.3) is 21.7 Å². The summed E-state index contributed by atoms with van der Waals surface area (Å²) in [5.74, 6) is -0.173. The van der Waals surface area contributed by atoms with Crippen LogP contribution in [0.2, 0.25) is 0 Å². The van der Waals surface area contributed by atoms with Crippen LogP contribution in [0.3, 0.4) is 0 Å². The highest BCUT2D eigenvalue weighted by molar-refractivity contribution is 6.03. The van der Waals surface area contributed by atoms with Gasteiger partial charge in [-0.15, -0.1) is 0 Å². The summed E-state index contributed by atoms with van der Waals surface area (Å²) in [6.45, 7) is 0. The van der Waals surface area contributed by atoms with E-state index in [4.69, 9.17) is 4.42 Å². The Balaban J connectivity index is 1.58. The molecule has 0 saturated carbocycles. The Hall–Kier alpha value is -3.60. The number of nitrogens with zero attached hydrogens (tertiary/aromatic N) is 1. The molecule has 1 aromatic heterocycles. The predicted molar refractivity (Wildman–Crippen MR) is 96.9 cm³/mol. The minimum Gasteiger partial charge on any atom is -0.507 e. The maximum atomic E-state index is 12.2. The van der Waals surface area contributed by atoms with Crippen molar-refractivity contribution in [2.24, 2.45) is 5.10 Å². The predicted octanol–water partition coefficient (Wildman–Crippen LogP) is 4.06. The number of fused-ring (bicyclic) bond motifs is 2. The summed E-state index contributed by atoms with van der Waals surface area (Å²) in [4.78, 5) is 12.2. The Morgan fingerprint density at radius 1 is 1.00 bits per heavy atom. The largest absolute Gasteiger partial charge is 0.507 e. The third-order valence-electron chi connectivity index (χ3n) is 3.96. The van der Waals surface area contributed by atoms with Crippen molar-refractivity contribution in [3.63, 3.8) is 0 Å². The molecule has 5 nitrogen and oxygen atoms in total. The lowest BCUT2D eigenvalue weighted by atomic mass is 10.0. The van der Waals surface area contributed by atoms with Crippen molar-refractivity contribution >= 4 is 33.9 Å². The van der Waals surface area contributed by atoms with Gasteiger partial charge in [-0.1, -0.05) is 48.5 Å². The summed E-state index contributed by atoms with van der Waals surface area (Å²) < 4.78 is 5.49. The summed E-state index contributed by atoms with van der Waals surface area (Å²) >= 11 is 0. The SMILES string of the molecule is O=C(N/N=C/c1c(O)ccc2ccccc12)c1cc2ccccc2o1. The van der Waals surface area contributed by atoms with Gasteiger partial charge in [0, 0.05) is 10.9 Å². The Bertz CT molecular complexity index is 1080. The van der Waals surface area contributed by atoms with Crippen LogP contribution < -0.4 is 5.43 Å². The van der Waals surface area contributed by atoms with E-state index >= 15 is 0 Å². The zero-order valence-corrected chi connectivity index (χ0v) is 13.1. The van der Waals surface area contributed by atoms with Crippen molar-refractivity contribution in [1.82, 2.24) is 5.43 Å². The maximum Gasteiger partial charge on any atom is 0.307 e. The van der Waals surface area contributed by atoms with E-state index in [2.05, 4.69) is 10.5 Å². The first kappa shape index (κ1) is 15.0. The number of para-hydroxylation sites is 1. The molecule has 0 bridgehead atoms. The fraction of sp³-hybridized carbons (Fsp3) is 0. The highest BCUT2D eigenvalue weighted by atomic mass is 16.3.